The fraction of sp³-hybridized carbons (Fsp3) is 0.0833. The van der Waals surface area contributed by atoms with Crippen molar-refractivity contribution >= 4 is 32.6 Å². The van der Waals surface area contributed by atoms with E-state index >= 15 is 0 Å². The first-order valence-corrected chi connectivity index (χ1v) is 11.6. The highest BCUT2D eigenvalue weighted by Gasteiger charge is 2.25. The zero-order valence-corrected chi connectivity index (χ0v) is 18.8. The molecule has 1 aromatic heterocycles. The van der Waals surface area contributed by atoms with E-state index in [0.717, 1.165) is 29.8 Å². The summed E-state index contributed by atoms with van der Waals surface area (Å²) in [6.07, 6.45) is 1.18. The number of nitrogens with zero attached hydrogens (tertiary/aromatic N) is 3. The van der Waals surface area contributed by atoms with Gasteiger partial charge in [-0.1, -0.05) is 30.3 Å². The van der Waals surface area contributed by atoms with Crippen LogP contribution in [0.15, 0.2) is 88.8 Å². The van der Waals surface area contributed by atoms with Gasteiger partial charge in [0.1, 0.15) is 5.75 Å². The minimum Gasteiger partial charge on any atom is -0.624 e. The van der Waals surface area contributed by atoms with Crippen molar-refractivity contribution in [3.8, 4) is 5.75 Å². The molecule has 9 nitrogen and oxygen atoms in total. The molecule has 0 saturated carbocycles. The summed E-state index contributed by atoms with van der Waals surface area (Å²) in [7, 11) is -2.69. The SMILES string of the molecule is COc1ccc2nc(S(=O)(=O)c3ccc([N+](=O)[O-])cc3)c(/C=[N+](\[O-])Cc3ccccc3)cc2c1. The first-order valence-electron chi connectivity index (χ1n) is 10.1. The molecule has 3 aromatic carbocycles. The molecule has 0 aliphatic heterocycles. The smallest absolute Gasteiger partial charge is 0.269 e. The topological polar surface area (TPSA) is 125 Å². The van der Waals surface area contributed by atoms with Crippen molar-refractivity contribution in [3.05, 3.63) is 105 Å². The molecule has 172 valence electrons. The maximum absolute atomic E-state index is 13.4. The first kappa shape index (κ1) is 22.9. The molecule has 4 aromatic rings. The third kappa shape index (κ3) is 4.71. The van der Waals surface area contributed by atoms with Gasteiger partial charge < -0.3 is 9.94 Å². The van der Waals surface area contributed by atoms with Gasteiger partial charge in [-0.2, -0.15) is 0 Å². The van der Waals surface area contributed by atoms with Crippen molar-refractivity contribution < 1.29 is 22.8 Å². The zero-order valence-electron chi connectivity index (χ0n) is 18.0. The number of nitro groups is 1. The number of sulfone groups is 1. The van der Waals surface area contributed by atoms with Crippen LogP contribution in [0.3, 0.4) is 0 Å². The van der Waals surface area contributed by atoms with E-state index in [1.54, 1.807) is 48.5 Å². The quantitative estimate of drug-likeness (QED) is 0.129. The van der Waals surface area contributed by atoms with Crippen molar-refractivity contribution in [2.45, 2.75) is 16.5 Å². The lowest BCUT2D eigenvalue weighted by atomic mass is 10.1. The number of benzene rings is 3. The minimum atomic E-state index is -4.20. The molecule has 0 aliphatic rings. The van der Waals surface area contributed by atoms with Crippen LogP contribution in [0.2, 0.25) is 0 Å². The molecule has 0 bridgehead atoms. The number of methoxy groups -OCH3 is 1. The number of aromatic nitrogens is 1. The molecular formula is C24H19N3O6S. The number of rotatable bonds is 7. The summed E-state index contributed by atoms with van der Waals surface area (Å²) in [4.78, 5) is 14.5. The van der Waals surface area contributed by atoms with Gasteiger partial charge in [0.25, 0.3) is 5.69 Å². The largest absolute Gasteiger partial charge is 0.624 e. The van der Waals surface area contributed by atoms with Crippen LogP contribution >= 0.6 is 0 Å². The van der Waals surface area contributed by atoms with Crippen LogP contribution in [0.1, 0.15) is 11.1 Å². The third-order valence-electron chi connectivity index (χ3n) is 5.09. The van der Waals surface area contributed by atoms with Crippen LogP contribution in [-0.4, -0.2) is 36.4 Å². The summed E-state index contributed by atoms with van der Waals surface area (Å²) < 4.78 is 32.8. The van der Waals surface area contributed by atoms with Crippen LogP contribution in [0, 0.1) is 15.3 Å². The van der Waals surface area contributed by atoms with E-state index < -0.39 is 14.8 Å². The van der Waals surface area contributed by atoms with Gasteiger partial charge in [-0.3, -0.25) is 10.1 Å². The lowest BCUT2D eigenvalue weighted by Gasteiger charge is -2.11. The van der Waals surface area contributed by atoms with Gasteiger partial charge in [0.05, 0.1) is 28.0 Å². The normalized spacial score (nSPS) is 12.0. The van der Waals surface area contributed by atoms with Crippen LogP contribution in [0.4, 0.5) is 5.69 Å². The lowest BCUT2D eigenvalue weighted by Crippen LogP contribution is -2.12. The molecule has 0 aliphatic carbocycles. The van der Waals surface area contributed by atoms with Crippen molar-refractivity contribution in [1.82, 2.24) is 4.98 Å². The number of pyridine rings is 1. The standard InChI is InChI=1S/C24H19N3O6S/c1-33-21-9-12-23-18(14-21)13-19(16-26(28)15-17-5-3-2-4-6-17)24(25-23)34(31,32)22-10-7-20(8-11-22)27(29)30/h2-14,16H,15H2,1H3/b26-16-. The van der Waals surface area contributed by atoms with Crippen LogP contribution in [0.25, 0.3) is 10.9 Å². The highest BCUT2D eigenvalue weighted by Crippen LogP contribution is 2.28. The second-order valence-corrected chi connectivity index (χ2v) is 9.25. The molecule has 0 N–H and O–H groups in total. The van der Waals surface area contributed by atoms with E-state index in [1.807, 2.05) is 6.07 Å². The molecule has 0 unspecified atom stereocenters. The Hall–Kier alpha value is -4.31. The van der Waals surface area contributed by atoms with E-state index in [0.29, 0.717) is 21.4 Å². The number of hydrogen-bond donors (Lipinski definition) is 0. The second kappa shape index (κ2) is 9.28. The minimum absolute atomic E-state index is 0.00794. The molecule has 1 heterocycles. The summed E-state index contributed by atoms with van der Waals surface area (Å²) >= 11 is 0. The molecule has 0 saturated heterocycles. The maximum atomic E-state index is 13.4. The highest BCUT2D eigenvalue weighted by molar-refractivity contribution is 7.91. The van der Waals surface area contributed by atoms with Gasteiger partial charge in [-0.25, -0.2) is 18.1 Å². The number of nitro benzene ring substituents is 1. The molecule has 34 heavy (non-hydrogen) atoms. The van der Waals surface area contributed by atoms with Crippen LogP contribution in [-0.2, 0) is 16.4 Å². The fourth-order valence-electron chi connectivity index (χ4n) is 3.41. The average molecular weight is 477 g/mol. The van der Waals surface area contributed by atoms with E-state index in [2.05, 4.69) is 4.98 Å². The summed E-state index contributed by atoms with van der Waals surface area (Å²) in [6.45, 7) is 0.00794. The molecule has 0 radical (unpaired) electrons. The number of fused-ring (bicyclic) bond motifs is 1. The highest BCUT2D eigenvalue weighted by atomic mass is 32.2. The number of ether oxygens (including phenoxy) is 1. The summed E-state index contributed by atoms with van der Waals surface area (Å²) in [6, 6.07) is 20.0. The van der Waals surface area contributed by atoms with Crippen molar-refractivity contribution in [2.24, 2.45) is 0 Å². The fourth-order valence-corrected chi connectivity index (χ4v) is 4.77. The number of non-ortho nitro benzene ring substituents is 1. The Morgan fingerprint density at radius 1 is 0.971 bits per heavy atom. The predicted octanol–water partition coefficient (Wildman–Crippen LogP) is 4.11. The zero-order chi connectivity index (χ0) is 24.3. The Kier molecular flexibility index (Phi) is 6.24. The third-order valence-corrected chi connectivity index (χ3v) is 6.82. The number of hydrogen-bond acceptors (Lipinski definition) is 7. The summed E-state index contributed by atoms with van der Waals surface area (Å²) in [5, 5.41) is 23.9. The molecule has 0 fully saturated rings. The van der Waals surface area contributed by atoms with Gasteiger partial charge >= 0.3 is 0 Å². The van der Waals surface area contributed by atoms with Crippen molar-refractivity contribution in [2.75, 3.05) is 7.11 Å². The molecular weight excluding hydrogens is 458 g/mol. The van der Waals surface area contributed by atoms with Crippen molar-refractivity contribution in [3.63, 3.8) is 0 Å². The van der Waals surface area contributed by atoms with Gasteiger partial charge in [0.15, 0.2) is 17.8 Å². The summed E-state index contributed by atoms with van der Waals surface area (Å²) in [5.41, 5.74) is 0.992. The van der Waals surface area contributed by atoms with Crippen molar-refractivity contribution in [1.29, 1.82) is 0 Å². The average Bonchev–Trinajstić information content (AvgIpc) is 2.83. The molecule has 10 heteroatoms. The number of hydroxylamine groups is 1. The molecule has 0 amide bonds. The Morgan fingerprint density at radius 2 is 1.68 bits per heavy atom. The van der Waals surface area contributed by atoms with Gasteiger partial charge in [-0.15, -0.1) is 0 Å². The van der Waals surface area contributed by atoms with Gasteiger partial charge in [-0.05, 0) is 36.4 Å². The van der Waals surface area contributed by atoms with E-state index in [1.165, 1.54) is 13.3 Å². The van der Waals surface area contributed by atoms with E-state index in [9.17, 15) is 23.7 Å². The Bertz CT molecular complexity index is 1500. The molecule has 4 rings (SSSR count). The molecule has 0 spiro atoms. The lowest BCUT2D eigenvalue weighted by molar-refractivity contribution is -0.469. The summed E-state index contributed by atoms with van der Waals surface area (Å²) in [5.74, 6) is 0.550. The second-order valence-electron chi connectivity index (χ2n) is 7.39. The van der Waals surface area contributed by atoms with Crippen LogP contribution in [0.5, 0.6) is 5.75 Å². The Labute approximate surface area is 195 Å². The Balaban J connectivity index is 1.86. The Morgan fingerprint density at radius 3 is 2.32 bits per heavy atom. The van der Waals surface area contributed by atoms with Crippen LogP contribution < -0.4 is 4.74 Å². The maximum Gasteiger partial charge on any atom is 0.269 e. The predicted molar refractivity (Wildman–Crippen MR) is 126 cm³/mol. The van der Waals surface area contributed by atoms with Gasteiger partial charge in [0.2, 0.25) is 9.84 Å². The van der Waals surface area contributed by atoms with E-state index in [-0.39, 0.29) is 27.7 Å². The monoisotopic (exact) mass is 477 g/mol. The first-order chi connectivity index (χ1) is 16.3. The molecule has 0 atom stereocenters. The van der Waals surface area contributed by atoms with E-state index in [4.69, 9.17) is 4.74 Å². The van der Waals surface area contributed by atoms with Gasteiger partial charge in [0, 0.05) is 23.1 Å².